The Hall–Kier alpha value is -2.78. The second-order valence-corrected chi connectivity index (χ2v) is 7.43. The van der Waals surface area contributed by atoms with Crippen LogP contribution in [0, 0.1) is 5.82 Å². The van der Waals surface area contributed by atoms with E-state index in [1.807, 2.05) is 22.6 Å². The number of nitrogens with zero attached hydrogens (tertiary/aromatic N) is 5. The SMILES string of the molecule is Fc1ccc(-c2noc(CSc3nnc4sc5ccccc5n34)n2)cc1. The van der Waals surface area contributed by atoms with Gasteiger partial charge in [-0.25, -0.2) is 4.39 Å². The van der Waals surface area contributed by atoms with Crippen molar-refractivity contribution in [1.29, 1.82) is 0 Å². The molecule has 2 aromatic carbocycles. The Morgan fingerprint density at radius 2 is 1.92 bits per heavy atom. The van der Waals surface area contributed by atoms with Crippen molar-refractivity contribution in [2.75, 3.05) is 0 Å². The van der Waals surface area contributed by atoms with Crippen LogP contribution >= 0.6 is 23.1 Å². The number of aromatic nitrogens is 5. The lowest BCUT2D eigenvalue weighted by atomic mass is 10.2. The first kappa shape index (κ1) is 15.5. The molecule has 0 radical (unpaired) electrons. The molecule has 0 spiro atoms. The van der Waals surface area contributed by atoms with E-state index in [1.54, 1.807) is 23.5 Å². The Labute approximate surface area is 154 Å². The van der Waals surface area contributed by atoms with Crippen LogP contribution in [0.25, 0.3) is 26.6 Å². The molecule has 5 rings (SSSR count). The van der Waals surface area contributed by atoms with E-state index in [0.717, 1.165) is 20.3 Å². The molecule has 0 saturated heterocycles. The summed E-state index contributed by atoms with van der Waals surface area (Å²) in [6, 6.07) is 14.1. The number of rotatable bonds is 4. The molecule has 3 aromatic heterocycles. The molecule has 5 aromatic rings. The zero-order valence-corrected chi connectivity index (χ0v) is 14.8. The molecule has 0 aliphatic heterocycles. The first-order valence-corrected chi connectivity index (χ1v) is 9.52. The summed E-state index contributed by atoms with van der Waals surface area (Å²) in [5.74, 6) is 1.09. The summed E-state index contributed by atoms with van der Waals surface area (Å²) in [6.07, 6.45) is 0. The van der Waals surface area contributed by atoms with Crippen molar-refractivity contribution in [2.45, 2.75) is 10.9 Å². The van der Waals surface area contributed by atoms with E-state index in [9.17, 15) is 4.39 Å². The fourth-order valence-corrected chi connectivity index (χ4v) is 4.41. The molecule has 26 heavy (non-hydrogen) atoms. The highest BCUT2D eigenvalue weighted by Crippen LogP contribution is 2.30. The number of fused-ring (bicyclic) bond motifs is 3. The number of thioether (sulfide) groups is 1. The number of halogens is 1. The lowest BCUT2D eigenvalue weighted by Gasteiger charge is -1.96. The molecular weight excluding hydrogens is 373 g/mol. The van der Waals surface area contributed by atoms with E-state index < -0.39 is 0 Å². The van der Waals surface area contributed by atoms with Gasteiger partial charge in [0, 0.05) is 5.56 Å². The number of thiazole rings is 1. The molecule has 0 aliphatic carbocycles. The third-order valence-electron chi connectivity index (χ3n) is 3.81. The monoisotopic (exact) mass is 383 g/mol. The molecule has 0 N–H and O–H groups in total. The summed E-state index contributed by atoms with van der Waals surface area (Å²) in [5, 5.41) is 13.2. The van der Waals surface area contributed by atoms with Gasteiger partial charge in [0.15, 0.2) is 5.16 Å². The summed E-state index contributed by atoms with van der Waals surface area (Å²) in [4.78, 5) is 5.22. The van der Waals surface area contributed by atoms with Gasteiger partial charge in [-0.1, -0.05) is 40.4 Å². The Morgan fingerprint density at radius 1 is 1.08 bits per heavy atom. The van der Waals surface area contributed by atoms with Crippen LogP contribution in [0.3, 0.4) is 0 Å². The molecule has 0 fully saturated rings. The molecule has 9 heteroatoms. The van der Waals surface area contributed by atoms with Crippen LogP contribution < -0.4 is 0 Å². The minimum Gasteiger partial charge on any atom is -0.338 e. The predicted octanol–water partition coefficient (Wildman–Crippen LogP) is 4.43. The number of hydrogen-bond donors (Lipinski definition) is 0. The quantitative estimate of drug-likeness (QED) is 0.428. The van der Waals surface area contributed by atoms with Crippen molar-refractivity contribution in [3.63, 3.8) is 0 Å². The zero-order chi connectivity index (χ0) is 17.5. The van der Waals surface area contributed by atoms with Crippen molar-refractivity contribution in [3.05, 3.63) is 60.2 Å². The highest BCUT2D eigenvalue weighted by Gasteiger charge is 2.15. The van der Waals surface area contributed by atoms with Crippen LogP contribution in [0.15, 0.2) is 58.2 Å². The molecule has 0 amide bonds. The molecule has 3 heterocycles. The second kappa shape index (κ2) is 6.19. The van der Waals surface area contributed by atoms with Gasteiger partial charge in [-0.3, -0.25) is 4.40 Å². The van der Waals surface area contributed by atoms with E-state index in [1.165, 1.54) is 23.9 Å². The van der Waals surface area contributed by atoms with Crippen molar-refractivity contribution in [2.24, 2.45) is 0 Å². The lowest BCUT2D eigenvalue weighted by molar-refractivity contribution is 0.391. The normalized spacial score (nSPS) is 11.6. The fourth-order valence-electron chi connectivity index (χ4n) is 2.60. The number of para-hydroxylation sites is 1. The third-order valence-corrected chi connectivity index (χ3v) is 5.73. The van der Waals surface area contributed by atoms with Crippen LogP contribution in [0.1, 0.15) is 5.89 Å². The standard InChI is InChI=1S/C17H10FN5OS2/c18-11-7-5-10(6-8-11)15-19-14(24-22-15)9-25-16-20-21-17-23(16)12-3-1-2-4-13(12)26-17/h1-8H,9H2. The Kier molecular flexibility index (Phi) is 3.68. The van der Waals surface area contributed by atoms with Crippen molar-refractivity contribution in [1.82, 2.24) is 24.7 Å². The maximum absolute atomic E-state index is 13.0. The molecule has 0 bridgehead atoms. The van der Waals surface area contributed by atoms with Gasteiger partial charge in [-0.2, -0.15) is 4.98 Å². The van der Waals surface area contributed by atoms with Crippen molar-refractivity contribution in [3.8, 4) is 11.4 Å². The Morgan fingerprint density at radius 3 is 2.81 bits per heavy atom. The van der Waals surface area contributed by atoms with Crippen LogP contribution in [0.4, 0.5) is 4.39 Å². The summed E-state index contributed by atoms with van der Waals surface area (Å²) in [5.41, 5.74) is 1.79. The van der Waals surface area contributed by atoms with Gasteiger partial charge >= 0.3 is 0 Å². The van der Waals surface area contributed by atoms with Crippen LogP contribution in [0.2, 0.25) is 0 Å². The van der Waals surface area contributed by atoms with Gasteiger partial charge in [0.25, 0.3) is 0 Å². The first-order chi connectivity index (χ1) is 12.8. The highest BCUT2D eigenvalue weighted by molar-refractivity contribution is 7.98. The van der Waals surface area contributed by atoms with Gasteiger partial charge in [0.1, 0.15) is 5.82 Å². The smallest absolute Gasteiger partial charge is 0.237 e. The maximum atomic E-state index is 13.0. The zero-order valence-electron chi connectivity index (χ0n) is 13.2. The molecular formula is C17H10FN5OS2. The summed E-state index contributed by atoms with van der Waals surface area (Å²) in [6.45, 7) is 0. The van der Waals surface area contributed by atoms with E-state index in [-0.39, 0.29) is 5.82 Å². The number of benzene rings is 2. The van der Waals surface area contributed by atoms with Gasteiger partial charge < -0.3 is 4.52 Å². The molecule has 6 nitrogen and oxygen atoms in total. The average Bonchev–Trinajstić information content (AvgIpc) is 3.36. The topological polar surface area (TPSA) is 69.1 Å². The van der Waals surface area contributed by atoms with Gasteiger partial charge in [0.05, 0.1) is 16.0 Å². The van der Waals surface area contributed by atoms with E-state index in [4.69, 9.17) is 4.52 Å². The minimum absolute atomic E-state index is 0.299. The second-order valence-electron chi connectivity index (χ2n) is 5.48. The van der Waals surface area contributed by atoms with Crippen molar-refractivity contribution >= 4 is 38.3 Å². The predicted molar refractivity (Wildman–Crippen MR) is 97.6 cm³/mol. The Bertz CT molecular complexity index is 1210. The van der Waals surface area contributed by atoms with Crippen LogP contribution in [-0.4, -0.2) is 24.7 Å². The van der Waals surface area contributed by atoms with Gasteiger partial charge in [0.2, 0.25) is 16.7 Å². The molecule has 0 atom stereocenters. The molecule has 0 saturated carbocycles. The largest absolute Gasteiger partial charge is 0.338 e. The first-order valence-electron chi connectivity index (χ1n) is 7.72. The van der Waals surface area contributed by atoms with Gasteiger partial charge in [-0.15, -0.1) is 10.2 Å². The number of hydrogen-bond acceptors (Lipinski definition) is 7. The highest BCUT2D eigenvalue weighted by atomic mass is 32.2. The molecule has 0 aliphatic rings. The lowest BCUT2D eigenvalue weighted by Crippen LogP contribution is -1.87. The third kappa shape index (κ3) is 2.65. The summed E-state index contributed by atoms with van der Waals surface area (Å²) >= 11 is 3.08. The average molecular weight is 383 g/mol. The maximum Gasteiger partial charge on any atom is 0.237 e. The van der Waals surface area contributed by atoms with Crippen molar-refractivity contribution < 1.29 is 8.91 Å². The van der Waals surface area contributed by atoms with Crippen LogP contribution in [-0.2, 0) is 5.75 Å². The molecule has 128 valence electrons. The van der Waals surface area contributed by atoms with E-state index in [2.05, 4.69) is 26.4 Å². The summed E-state index contributed by atoms with van der Waals surface area (Å²) in [7, 11) is 0. The Balaban J connectivity index is 1.40. The van der Waals surface area contributed by atoms with E-state index >= 15 is 0 Å². The molecule has 0 unspecified atom stereocenters. The van der Waals surface area contributed by atoms with Crippen LogP contribution in [0.5, 0.6) is 0 Å². The van der Waals surface area contributed by atoms with Gasteiger partial charge in [-0.05, 0) is 36.4 Å². The fraction of sp³-hybridized carbons (Fsp3) is 0.0588. The van der Waals surface area contributed by atoms with E-state index in [0.29, 0.717) is 23.0 Å². The minimum atomic E-state index is -0.299. The summed E-state index contributed by atoms with van der Waals surface area (Å²) < 4.78 is 21.5.